The standard InChI is InChI=1S/C21H18N4O4/c26-20(24-11-14-4-5-18-19(9-14)29-13-28-18)15-6-8-23-17(10-15)21(27)25-12-16-3-1-2-7-22-16/h1-10H,11-13H2,(H,24,26)(H,25,27). The van der Waals surface area contributed by atoms with Crippen LogP contribution in [0.25, 0.3) is 0 Å². The molecule has 3 heterocycles. The van der Waals surface area contributed by atoms with Crippen LogP contribution in [0.2, 0.25) is 0 Å². The van der Waals surface area contributed by atoms with Gasteiger partial charge in [0.25, 0.3) is 11.8 Å². The average Bonchev–Trinajstić information content (AvgIpc) is 3.24. The highest BCUT2D eigenvalue weighted by atomic mass is 16.7. The first-order chi connectivity index (χ1) is 14.2. The second kappa shape index (κ2) is 8.39. The maximum absolute atomic E-state index is 12.5. The molecule has 2 aromatic heterocycles. The molecule has 0 unspecified atom stereocenters. The van der Waals surface area contributed by atoms with Crippen LogP contribution < -0.4 is 20.1 Å². The molecule has 29 heavy (non-hydrogen) atoms. The van der Waals surface area contributed by atoms with Crippen molar-refractivity contribution >= 4 is 11.8 Å². The quantitative estimate of drug-likeness (QED) is 0.668. The van der Waals surface area contributed by atoms with Gasteiger partial charge in [-0.05, 0) is 42.0 Å². The summed E-state index contributed by atoms with van der Waals surface area (Å²) in [5.74, 6) is 0.674. The Bertz CT molecular complexity index is 1040. The summed E-state index contributed by atoms with van der Waals surface area (Å²) < 4.78 is 10.6. The van der Waals surface area contributed by atoms with Crippen LogP contribution in [0.1, 0.15) is 32.1 Å². The highest BCUT2D eigenvalue weighted by Gasteiger charge is 2.15. The minimum Gasteiger partial charge on any atom is -0.454 e. The summed E-state index contributed by atoms with van der Waals surface area (Å²) in [5.41, 5.74) is 2.13. The van der Waals surface area contributed by atoms with E-state index in [0.29, 0.717) is 23.6 Å². The van der Waals surface area contributed by atoms with E-state index in [1.54, 1.807) is 24.4 Å². The van der Waals surface area contributed by atoms with Gasteiger partial charge in [-0.2, -0.15) is 0 Å². The van der Waals surface area contributed by atoms with E-state index in [1.165, 1.54) is 12.3 Å². The summed E-state index contributed by atoms with van der Waals surface area (Å²) >= 11 is 0. The zero-order chi connectivity index (χ0) is 20.1. The molecule has 0 bridgehead atoms. The number of amides is 2. The summed E-state index contributed by atoms with van der Waals surface area (Å²) in [5, 5.41) is 5.57. The van der Waals surface area contributed by atoms with Crippen LogP contribution in [-0.2, 0) is 13.1 Å². The van der Waals surface area contributed by atoms with Crippen molar-refractivity contribution in [1.82, 2.24) is 20.6 Å². The molecule has 0 saturated carbocycles. The number of carbonyl (C=O) groups excluding carboxylic acids is 2. The molecule has 146 valence electrons. The number of aromatic nitrogens is 2. The molecule has 2 amide bonds. The number of nitrogens with one attached hydrogen (secondary N) is 2. The molecule has 0 atom stereocenters. The second-order valence-corrected chi connectivity index (χ2v) is 6.30. The Hall–Kier alpha value is -3.94. The molecule has 1 aliphatic heterocycles. The third kappa shape index (κ3) is 4.49. The van der Waals surface area contributed by atoms with Gasteiger partial charge in [0.05, 0.1) is 12.2 Å². The molecule has 8 nitrogen and oxygen atoms in total. The van der Waals surface area contributed by atoms with Crippen LogP contribution in [-0.4, -0.2) is 28.6 Å². The van der Waals surface area contributed by atoms with E-state index in [4.69, 9.17) is 9.47 Å². The zero-order valence-corrected chi connectivity index (χ0v) is 15.4. The molecular weight excluding hydrogens is 372 g/mol. The van der Waals surface area contributed by atoms with Gasteiger partial charge in [-0.15, -0.1) is 0 Å². The molecule has 0 fully saturated rings. The highest BCUT2D eigenvalue weighted by Crippen LogP contribution is 2.32. The van der Waals surface area contributed by atoms with E-state index in [1.807, 2.05) is 24.3 Å². The van der Waals surface area contributed by atoms with Crippen molar-refractivity contribution < 1.29 is 19.1 Å². The lowest BCUT2D eigenvalue weighted by atomic mass is 10.1. The van der Waals surface area contributed by atoms with Gasteiger partial charge in [-0.25, -0.2) is 0 Å². The Labute approximate surface area is 166 Å². The van der Waals surface area contributed by atoms with Crippen LogP contribution in [0.4, 0.5) is 0 Å². The summed E-state index contributed by atoms with van der Waals surface area (Å²) in [7, 11) is 0. The Morgan fingerprint density at radius 2 is 1.72 bits per heavy atom. The molecule has 0 spiro atoms. The summed E-state index contributed by atoms with van der Waals surface area (Å²) in [6.45, 7) is 0.800. The number of benzene rings is 1. The van der Waals surface area contributed by atoms with Crippen molar-refractivity contribution in [2.75, 3.05) is 6.79 Å². The number of nitrogens with zero attached hydrogens (tertiary/aromatic N) is 2. The van der Waals surface area contributed by atoms with Gasteiger partial charge in [0.2, 0.25) is 6.79 Å². The largest absolute Gasteiger partial charge is 0.454 e. The number of fused-ring (bicyclic) bond motifs is 1. The smallest absolute Gasteiger partial charge is 0.270 e. The molecule has 0 radical (unpaired) electrons. The van der Waals surface area contributed by atoms with Crippen molar-refractivity contribution in [3.63, 3.8) is 0 Å². The van der Waals surface area contributed by atoms with Crippen molar-refractivity contribution in [3.8, 4) is 11.5 Å². The first-order valence-electron chi connectivity index (χ1n) is 9.00. The van der Waals surface area contributed by atoms with Gasteiger partial charge in [-0.1, -0.05) is 12.1 Å². The fourth-order valence-corrected chi connectivity index (χ4v) is 2.80. The Morgan fingerprint density at radius 1 is 0.862 bits per heavy atom. The van der Waals surface area contributed by atoms with Gasteiger partial charge >= 0.3 is 0 Å². The number of rotatable bonds is 6. The second-order valence-electron chi connectivity index (χ2n) is 6.30. The van der Waals surface area contributed by atoms with Crippen LogP contribution in [0, 0.1) is 0 Å². The SMILES string of the molecule is O=C(NCc1ccc2c(c1)OCO2)c1ccnc(C(=O)NCc2ccccn2)c1. The molecule has 0 saturated heterocycles. The Kier molecular flexibility index (Phi) is 5.33. The highest BCUT2D eigenvalue weighted by molar-refractivity contribution is 5.98. The molecule has 2 N–H and O–H groups in total. The predicted octanol–water partition coefficient (Wildman–Crippen LogP) is 2.07. The lowest BCUT2D eigenvalue weighted by molar-refractivity contribution is 0.0945. The summed E-state index contributed by atoms with van der Waals surface area (Å²) in [6.07, 6.45) is 3.09. The van der Waals surface area contributed by atoms with Gasteiger partial charge in [0.15, 0.2) is 11.5 Å². The van der Waals surface area contributed by atoms with Crippen molar-refractivity contribution in [3.05, 3.63) is 83.4 Å². The first kappa shape index (κ1) is 18.4. The van der Waals surface area contributed by atoms with Crippen LogP contribution >= 0.6 is 0 Å². The molecule has 1 aliphatic rings. The topological polar surface area (TPSA) is 102 Å². The van der Waals surface area contributed by atoms with Crippen molar-refractivity contribution in [2.24, 2.45) is 0 Å². The summed E-state index contributed by atoms with van der Waals surface area (Å²) in [4.78, 5) is 33.0. The van der Waals surface area contributed by atoms with E-state index >= 15 is 0 Å². The van der Waals surface area contributed by atoms with Gasteiger partial charge in [-0.3, -0.25) is 19.6 Å². The molecule has 0 aliphatic carbocycles. The zero-order valence-electron chi connectivity index (χ0n) is 15.4. The first-order valence-corrected chi connectivity index (χ1v) is 9.00. The van der Waals surface area contributed by atoms with Gasteiger partial charge < -0.3 is 20.1 Å². The molecule has 3 aromatic rings. The van der Waals surface area contributed by atoms with Crippen LogP contribution in [0.5, 0.6) is 11.5 Å². The minimum atomic E-state index is -0.374. The average molecular weight is 390 g/mol. The third-order valence-electron chi connectivity index (χ3n) is 4.30. The van der Waals surface area contributed by atoms with Crippen LogP contribution in [0.3, 0.4) is 0 Å². The van der Waals surface area contributed by atoms with Crippen molar-refractivity contribution in [2.45, 2.75) is 13.1 Å². The monoisotopic (exact) mass is 390 g/mol. The lowest BCUT2D eigenvalue weighted by Gasteiger charge is -2.08. The van der Waals surface area contributed by atoms with Gasteiger partial charge in [0, 0.05) is 24.5 Å². The maximum Gasteiger partial charge on any atom is 0.270 e. The van der Waals surface area contributed by atoms with E-state index in [9.17, 15) is 9.59 Å². The summed E-state index contributed by atoms with van der Waals surface area (Å²) in [6, 6.07) is 14.0. The van der Waals surface area contributed by atoms with E-state index < -0.39 is 0 Å². The van der Waals surface area contributed by atoms with E-state index in [0.717, 1.165) is 11.3 Å². The number of ether oxygens (including phenoxy) is 2. The maximum atomic E-state index is 12.5. The minimum absolute atomic E-state index is 0.164. The predicted molar refractivity (Wildman–Crippen MR) is 103 cm³/mol. The normalized spacial score (nSPS) is 11.7. The number of pyridine rings is 2. The molecular formula is C21H18N4O4. The lowest BCUT2D eigenvalue weighted by Crippen LogP contribution is -2.26. The molecule has 8 heteroatoms. The Balaban J connectivity index is 1.36. The molecule has 4 rings (SSSR count). The number of hydrogen-bond acceptors (Lipinski definition) is 6. The fraction of sp³-hybridized carbons (Fsp3) is 0.143. The van der Waals surface area contributed by atoms with Crippen molar-refractivity contribution in [1.29, 1.82) is 0 Å². The third-order valence-corrected chi connectivity index (χ3v) is 4.30. The van der Waals surface area contributed by atoms with E-state index in [-0.39, 0.29) is 30.8 Å². The number of hydrogen-bond donors (Lipinski definition) is 2. The number of carbonyl (C=O) groups is 2. The molecule has 1 aromatic carbocycles. The van der Waals surface area contributed by atoms with Crippen LogP contribution in [0.15, 0.2) is 60.9 Å². The fourth-order valence-electron chi connectivity index (χ4n) is 2.80. The van der Waals surface area contributed by atoms with Gasteiger partial charge in [0.1, 0.15) is 5.69 Å². The van der Waals surface area contributed by atoms with E-state index in [2.05, 4.69) is 20.6 Å². The Morgan fingerprint density at radius 3 is 2.59 bits per heavy atom.